The molecule has 11 heteroatoms. The highest BCUT2D eigenvalue weighted by molar-refractivity contribution is 6.35. The summed E-state index contributed by atoms with van der Waals surface area (Å²) in [5, 5.41) is 13.0. The van der Waals surface area contributed by atoms with Crippen LogP contribution >= 0.6 is 11.6 Å². The van der Waals surface area contributed by atoms with Gasteiger partial charge < -0.3 is 9.55 Å². The van der Waals surface area contributed by atoms with Crippen LogP contribution in [0.25, 0.3) is 22.1 Å². The zero-order chi connectivity index (χ0) is 20.7. The van der Waals surface area contributed by atoms with Crippen molar-refractivity contribution in [2.75, 3.05) is 0 Å². The van der Waals surface area contributed by atoms with E-state index in [1.807, 2.05) is 18.4 Å². The highest BCUT2D eigenvalue weighted by Crippen LogP contribution is 2.41. The summed E-state index contributed by atoms with van der Waals surface area (Å²) < 4.78 is 28.1. The van der Waals surface area contributed by atoms with E-state index in [0.717, 1.165) is 25.1 Å². The van der Waals surface area contributed by atoms with Crippen LogP contribution in [0.3, 0.4) is 0 Å². The Hall–Kier alpha value is -2.62. The molecule has 2 atom stereocenters. The minimum absolute atomic E-state index is 0.161. The molecule has 0 aromatic carbocycles. The van der Waals surface area contributed by atoms with E-state index in [2.05, 4.69) is 30.4 Å². The van der Waals surface area contributed by atoms with Gasteiger partial charge in [0.1, 0.15) is 10.7 Å². The van der Waals surface area contributed by atoms with Gasteiger partial charge in [0.25, 0.3) is 6.43 Å². The van der Waals surface area contributed by atoms with Crippen LogP contribution in [0.1, 0.15) is 63.0 Å². The standard InChI is InChI=1S/C16H15ClF2N8.C2H6/c1-26-24-15(23-25-26)7-2-3-8(4-7)27-6-20-12-11-9(13(17)22-16(12)27)5-10(21-11)14(18)19;1-2/h5-8,14,21H,2-4H2,1H3;1-2H3/t7-,8?;/m1./s1. The third-order valence-electron chi connectivity index (χ3n) is 5.19. The van der Waals surface area contributed by atoms with Crippen molar-refractivity contribution in [3.63, 3.8) is 0 Å². The summed E-state index contributed by atoms with van der Waals surface area (Å²) in [4.78, 5) is 13.1. The van der Waals surface area contributed by atoms with Gasteiger partial charge in [-0.05, 0) is 30.5 Å². The number of aryl methyl sites for hydroxylation is 1. The first-order valence-electron chi connectivity index (χ1n) is 9.58. The van der Waals surface area contributed by atoms with E-state index < -0.39 is 6.43 Å². The number of hydrogen-bond acceptors (Lipinski definition) is 5. The Labute approximate surface area is 170 Å². The number of tetrazole rings is 1. The fraction of sp³-hybridized carbons (Fsp3) is 0.500. The number of imidazole rings is 1. The molecule has 4 heterocycles. The van der Waals surface area contributed by atoms with Gasteiger partial charge in [0.05, 0.1) is 24.6 Å². The van der Waals surface area contributed by atoms with E-state index in [1.165, 1.54) is 10.9 Å². The maximum atomic E-state index is 13.1. The summed E-state index contributed by atoms with van der Waals surface area (Å²) in [5.74, 6) is 0.958. The molecule has 1 N–H and O–H groups in total. The Morgan fingerprint density at radius 1 is 1.28 bits per heavy atom. The number of nitrogens with one attached hydrogen (secondary N) is 1. The number of aromatic nitrogens is 8. The Morgan fingerprint density at radius 3 is 2.76 bits per heavy atom. The molecule has 154 valence electrons. The molecule has 4 aromatic heterocycles. The average molecular weight is 423 g/mol. The molecule has 4 aromatic rings. The van der Waals surface area contributed by atoms with Gasteiger partial charge in [-0.15, -0.1) is 10.2 Å². The third-order valence-corrected chi connectivity index (χ3v) is 5.48. The molecular weight excluding hydrogens is 402 g/mol. The number of pyridine rings is 1. The largest absolute Gasteiger partial charge is 0.352 e. The van der Waals surface area contributed by atoms with E-state index in [-0.39, 0.29) is 22.8 Å². The van der Waals surface area contributed by atoms with Crippen molar-refractivity contribution in [2.24, 2.45) is 7.05 Å². The molecule has 0 amide bonds. The van der Waals surface area contributed by atoms with Gasteiger partial charge in [0, 0.05) is 17.3 Å². The van der Waals surface area contributed by atoms with Gasteiger partial charge in [0.15, 0.2) is 11.5 Å². The molecule has 1 fully saturated rings. The van der Waals surface area contributed by atoms with Crippen molar-refractivity contribution >= 4 is 33.7 Å². The molecule has 0 aliphatic heterocycles. The number of alkyl halides is 2. The smallest absolute Gasteiger partial charge is 0.278 e. The lowest BCUT2D eigenvalue weighted by atomic mass is 10.1. The highest BCUT2D eigenvalue weighted by atomic mass is 35.5. The molecule has 29 heavy (non-hydrogen) atoms. The predicted molar refractivity (Wildman–Crippen MR) is 105 cm³/mol. The van der Waals surface area contributed by atoms with Crippen LogP contribution in [0.5, 0.6) is 0 Å². The van der Waals surface area contributed by atoms with Crippen LogP contribution in [-0.2, 0) is 7.05 Å². The number of halogens is 3. The lowest BCUT2D eigenvalue weighted by Crippen LogP contribution is -2.06. The minimum atomic E-state index is -2.61. The maximum Gasteiger partial charge on any atom is 0.278 e. The molecular formula is C18H21ClF2N8. The lowest BCUT2D eigenvalue weighted by Gasteiger charge is -2.12. The first kappa shape index (κ1) is 19.7. The fourth-order valence-electron chi connectivity index (χ4n) is 3.91. The van der Waals surface area contributed by atoms with Gasteiger partial charge in [-0.1, -0.05) is 25.4 Å². The molecule has 8 nitrogen and oxygen atoms in total. The zero-order valence-corrected chi connectivity index (χ0v) is 17.0. The molecule has 5 rings (SSSR count). The molecule has 0 saturated heterocycles. The van der Waals surface area contributed by atoms with Gasteiger partial charge in [-0.2, -0.15) is 4.80 Å². The quantitative estimate of drug-likeness (QED) is 0.489. The summed E-state index contributed by atoms with van der Waals surface area (Å²) in [6.45, 7) is 4.00. The number of nitrogens with zero attached hydrogens (tertiary/aromatic N) is 7. The van der Waals surface area contributed by atoms with Crippen LogP contribution in [-0.4, -0.2) is 39.7 Å². The topological polar surface area (TPSA) is 90.1 Å². The second-order valence-electron chi connectivity index (χ2n) is 6.84. The zero-order valence-electron chi connectivity index (χ0n) is 16.3. The molecule has 1 aliphatic carbocycles. The number of rotatable bonds is 3. The normalized spacial score (nSPS) is 19.3. The molecule has 1 saturated carbocycles. The molecule has 0 spiro atoms. The van der Waals surface area contributed by atoms with E-state index in [9.17, 15) is 8.78 Å². The van der Waals surface area contributed by atoms with Gasteiger partial charge in [-0.25, -0.2) is 18.7 Å². The number of aromatic amines is 1. The van der Waals surface area contributed by atoms with Crippen molar-refractivity contribution in [3.05, 3.63) is 29.1 Å². The van der Waals surface area contributed by atoms with Crippen molar-refractivity contribution in [1.29, 1.82) is 0 Å². The van der Waals surface area contributed by atoms with Crippen molar-refractivity contribution in [3.8, 4) is 0 Å². The summed E-state index contributed by atoms with van der Waals surface area (Å²) in [7, 11) is 1.74. The van der Waals surface area contributed by atoms with Gasteiger partial charge >= 0.3 is 0 Å². The minimum Gasteiger partial charge on any atom is -0.352 e. The summed E-state index contributed by atoms with van der Waals surface area (Å²) in [6.07, 6.45) is 1.78. The number of fused-ring (bicyclic) bond motifs is 3. The number of hydrogen-bond donors (Lipinski definition) is 1. The first-order chi connectivity index (χ1) is 14.0. The Kier molecular flexibility index (Phi) is 5.20. The van der Waals surface area contributed by atoms with Crippen molar-refractivity contribution < 1.29 is 8.78 Å². The van der Waals surface area contributed by atoms with E-state index in [0.29, 0.717) is 22.1 Å². The second-order valence-corrected chi connectivity index (χ2v) is 7.20. The third kappa shape index (κ3) is 3.35. The van der Waals surface area contributed by atoms with Crippen molar-refractivity contribution in [1.82, 2.24) is 39.7 Å². The first-order valence-corrected chi connectivity index (χ1v) is 9.95. The summed E-state index contributed by atoms with van der Waals surface area (Å²) in [5.41, 5.74) is 1.44. The van der Waals surface area contributed by atoms with Crippen LogP contribution < -0.4 is 0 Å². The van der Waals surface area contributed by atoms with Crippen LogP contribution in [0, 0.1) is 0 Å². The molecule has 0 bridgehead atoms. The Morgan fingerprint density at radius 2 is 2.07 bits per heavy atom. The molecule has 1 aliphatic rings. The Bertz CT molecular complexity index is 1150. The van der Waals surface area contributed by atoms with E-state index in [4.69, 9.17) is 11.6 Å². The SMILES string of the molecule is CC.Cn1nnc([C@@H]2CCC(n3cnc4c5[nH]c(C(F)F)cc5c(Cl)nc43)C2)n1. The maximum absolute atomic E-state index is 13.1. The summed E-state index contributed by atoms with van der Waals surface area (Å²) >= 11 is 6.27. The van der Waals surface area contributed by atoms with Crippen molar-refractivity contribution in [2.45, 2.75) is 51.5 Å². The van der Waals surface area contributed by atoms with Crippen LogP contribution in [0.2, 0.25) is 5.15 Å². The highest BCUT2D eigenvalue weighted by Gasteiger charge is 2.31. The lowest BCUT2D eigenvalue weighted by molar-refractivity contribution is 0.147. The molecule has 1 unspecified atom stereocenters. The second kappa shape index (κ2) is 7.66. The Balaban J connectivity index is 0.000000994. The predicted octanol–water partition coefficient (Wildman–Crippen LogP) is 4.56. The molecule has 0 radical (unpaired) electrons. The van der Waals surface area contributed by atoms with Crippen LogP contribution in [0.4, 0.5) is 8.78 Å². The van der Waals surface area contributed by atoms with Gasteiger partial charge in [-0.3, -0.25) is 0 Å². The summed E-state index contributed by atoms with van der Waals surface area (Å²) in [6, 6.07) is 1.49. The fourth-order valence-corrected chi connectivity index (χ4v) is 4.14. The van der Waals surface area contributed by atoms with Crippen LogP contribution in [0.15, 0.2) is 12.4 Å². The van der Waals surface area contributed by atoms with E-state index in [1.54, 1.807) is 13.4 Å². The monoisotopic (exact) mass is 422 g/mol. The van der Waals surface area contributed by atoms with E-state index >= 15 is 0 Å². The van der Waals surface area contributed by atoms with Gasteiger partial charge in [0.2, 0.25) is 0 Å². The number of H-pyrrole nitrogens is 1. The average Bonchev–Trinajstić information content (AvgIpc) is 3.47.